The van der Waals surface area contributed by atoms with E-state index in [1.165, 1.54) is 38.6 Å². The Balaban J connectivity index is 2.30. The molecule has 1 aliphatic carbocycles. The SMILES string of the molecule is CCCN(CCN(C)C)CC(N)C1CCCC1. The van der Waals surface area contributed by atoms with Crippen molar-refractivity contribution in [3.8, 4) is 0 Å². The molecule has 1 atom stereocenters. The van der Waals surface area contributed by atoms with Crippen LogP contribution >= 0.6 is 0 Å². The second-order valence-electron chi connectivity index (χ2n) is 5.81. The molecule has 3 heteroatoms. The van der Waals surface area contributed by atoms with Crippen LogP contribution in [0.3, 0.4) is 0 Å². The molecular weight excluding hydrogens is 210 g/mol. The van der Waals surface area contributed by atoms with Crippen molar-refractivity contribution in [3.63, 3.8) is 0 Å². The summed E-state index contributed by atoms with van der Waals surface area (Å²) in [7, 11) is 4.28. The molecule has 1 rings (SSSR count). The van der Waals surface area contributed by atoms with Gasteiger partial charge in [0.25, 0.3) is 0 Å². The molecule has 102 valence electrons. The highest BCUT2D eigenvalue weighted by Gasteiger charge is 2.23. The monoisotopic (exact) mass is 241 g/mol. The fourth-order valence-corrected chi connectivity index (χ4v) is 2.78. The van der Waals surface area contributed by atoms with Gasteiger partial charge in [0.15, 0.2) is 0 Å². The molecule has 1 aliphatic rings. The first-order valence-corrected chi connectivity index (χ1v) is 7.26. The zero-order chi connectivity index (χ0) is 12.7. The van der Waals surface area contributed by atoms with Crippen LogP contribution in [0.15, 0.2) is 0 Å². The van der Waals surface area contributed by atoms with Crippen LogP contribution in [-0.2, 0) is 0 Å². The Morgan fingerprint density at radius 2 is 1.76 bits per heavy atom. The van der Waals surface area contributed by atoms with E-state index in [9.17, 15) is 0 Å². The average Bonchev–Trinajstić information content (AvgIpc) is 2.79. The van der Waals surface area contributed by atoms with Crippen LogP contribution in [-0.4, -0.2) is 56.1 Å². The van der Waals surface area contributed by atoms with Gasteiger partial charge in [0.05, 0.1) is 0 Å². The molecule has 0 aromatic heterocycles. The van der Waals surface area contributed by atoms with Crippen LogP contribution in [0.25, 0.3) is 0 Å². The van der Waals surface area contributed by atoms with E-state index >= 15 is 0 Å². The van der Waals surface area contributed by atoms with Gasteiger partial charge in [-0.05, 0) is 45.8 Å². The topological polar surface area (TPSA) is 32.5 Å². The van der Waals surface area contributed by atoms with Gasteiger partial charge in [-0.15, -0.1) is 0 Å². The predicted octanol–water partition coefficient (Wildman–Crippen LogP) is 1.78. The van der Waals surface area contributed by atoms with Crippen molar-refractivity contribution < 1.29 is 0 Å². The number of likely N-dealkylation sites (N-methyl/N-ethyl adjacent to an activating group) is 1. The Labute approximate surface area is 107 Å². The zero-order valence-corrected chi connectivity index (χ0v) is 12.0. The molecule has 3 nitrogen and oxygen atoms in total. The molecule has 2 N–H and O–H groups in total. The van der Waals surface area contributed by atoms with E-state index in [-0.39, 0.29) is 0 Å². The number of hydrogen-bond donors (Lipinski definition) is 1. The molecule has 0 aliphatic heterocycles. The van der Waals surface area contributed by atoms with Gasteiger partial charge < -0.3 is 15.5 Å². The van der Waals surface area contributed by atoms with Crippen LogP contribution in [0, 0.1) is 5.92 Å². The summed E-state index contributed by atoms with van der Waals surface area (Å²) in [5.41, 5.74) is 6.36. The van der Waals surface area contributed by atoms with E-state index in [4.69, 9.17) is 5.73 Å². The van der Waals surface area contributed by atoms with Crippen molar-refractivity contribution in [3.05, 3.63) is 0 Å². The Hall–Kier alpha value is -0.120. The number of nitrogens with two attached hydrogens (primary N) is 1. The second-order valence-corrected chi connectivity index (χ2v) is 5.81. The summed E-state index contributed by atoms with van der Waals surface area (Å²) in [6.45, 7) is 6.82. The smallest absolute Gasteiger partial charge is 0.0196 e. The van der Waals surface area contributed by atoms with E-state index in [1.807, 2.05) is 0 Å². The van der Waals surface area contributed by atoms with Crippen molar-refractivity contribution in [2.24, 2.45) is 11.7 Å². The molecule has 0 spiro atoms. The summed E-state index contributed by atoms with van der Waals surface area (Å²) in [6.07, 6.45) is 6.72. The first-order chi connectivity index (χ1) is 8.13. The van der Waals surface area contributed by atoms with Crippen molar-refractivity contribution in [2.45, 2.75) is 45.1 Å². The predicted molar refractivity (Wildman–Crippen MR) is 75.2 cm³/mol. The quantitative estimate of drug-likeness (QED) is 0.703. The fourth-order valence-electron chi connectivity index (χ4n) is 2.78. The van der Waals surface area contributed by atoms with E-state index < -0.39 is 0 Å². The summed E-state index contributed by atoms with van der Waals surface area (Å²) < 4.78 is 0. The standard InChI is InChI=1S/C14H31N3/c1-4-9-17(11-10-16(2)3)12-14(15)13-7-5-6-8-13/h13-14H,4-12,15H2,1-3H3. The summed E-state index contributed by atoms with van der Waals surface area (Å²) in [6, 6.07) is 0.395. The van der Waals surface area contributed by atoms with Gasteiger partial charge in [0, 0.05) is 25.7 Å². The van der Waals surface area contributed by atoms with E-state index in [0.717, 1.165) is 25.6 Å². The maximum atomic E-state index is 6.36. The highest BCUT2D eigenvalue weighted by molar-refractivity contribution is 4.80. The number of hydrogen-bond acceptors (Lipinski definition) is 3. The van der Waals surface area contributed by atoms with Gasteiger partial charge in [0.2, 0.25) is 0 Å². The normalized spacial score (nSPS) is 19.4. The van der Waals surface area contributed by atoms with Gasteiger partial charge in [-0.2, -0.15) is 0 Å². The van der Waals surface area contributed by atoms with Crippen LogP contribution in [0.1, 0.15) is 39.0 Å². The highest BCUT2D eigenvalue weighted by Crippen LogP contribution is 2.27. The largest absolute Gasteiger partial charge is 0.326 e. The van der Waals surface area contributed by atoms with Crippen LogP contribution < -0.4 is 5.73 Å². The lowest BCUT2D eigenvalue weighted by atomic mass is 9.98. The van der Waals surface area contributed by atoms with Crippen molar-refractivity contribution in [1.82, 2.24) is 9.80 Å². The van der Waals surface area contributed by atoms with Crippen molar-refractivity contribution in [1.29, 1.82) is 0 Å². The Bertz CT molecular complexity index is 188. The van der Waals surface area contributed by atoms with Crippen LogP contribution in [0.5, 0.6) is 0 Å². The van der Waals surface area contributed by atoms with Crippen molar-refractivity contribution in [2.75, 3.05) is 40.3 Å². The maximum absolute atomic E-state index is 6.36. The lowest BCUT2D eigenvalue weighted by molar-refractivity contribution is 0.209. The minimum atomic E-state index is 0.395. The van der Waals surface area contributed by atoms with Gasteiger partial charge in [-0.1, -0.05) is 19.8 Å². The third kappa shape index (κ3) is 5.84. The van der Waals surface area contributed by atoms with Crippen LogP contribution in [0.4, 0.5) is 0 Å². The van der Waals surface area contributed by atoms with Gasteiger partial charge in [-0.3, -0.25) is 0 Å². The fraction of sp³-hybridized carbons (Fsp3) is 1.00. The lowest BCUT2D eigenvalue weighted by Crippen LogP contribution is -2.44. The van der Waals surface area contributed by atoms with Gasteiger partial charge in [0.1, 0.15) is 0 Å². The molecule has 0 amide bonds. The third-order valence-corrected chi connectivity index (χ3v) is 3.88. The third-order valence-electron chi connectivity index (χ3n) is 3.88. The second kappa shape index (κ2) is 8.06. The van der Waals surface area contributed by atoms with Gasteiger partial charge in [-0.25, -0.2) is 0 Å². The molecule has 0 aromatic rings. The minimum Gasteiger partial charge on any atom is -0.326 e. The molecule has 0 aromatic carbocycles. The van der Waals surface area contributed by atoms with Crippen LogP contribution in [0.2, 0.25) is 0 Å². The molecule has 0 bridgehead atoms. The zero-order valence-electron chi connectivity index (χ0n) is 12.0. The molecule has 0 radical (unpaired) electrons. The first kappa shape index (κ1) is 14.9. The molecule has 1 fully saturated rings. The molecule has 1 saturated carbocycles. The summed E-state index contributed by atoms with van der Waals surface area (Å²) >= 11 is 0. The number of rotatable bonds is 8. The maximum Gasteiger partial charge on any atom is 0.0196 e. The lowest BCUT2D eigenvalue weighted by Gasteiger charge is -2.29. The highest BCUT2D eigenvalue weighted by atomic mass is 15.2. The first-order valence-electron chi connectivity index (χ1n) is 7.26. The van der Waals surface area contributed by atoms with Crippen molar-refractivity contribution >= 4 is 0 Å². The molecule has 0 heterocycles. The molecule has 1 unspecified atom stereocenters. The minimum absolute atomic E-state index is 0.395. The van der Waals surface area contributed by atoms with E-state index in [0.29, 0.717) is 6.04 Å². The van der Waals surface area contributed by atoms with E-state index in [2.05, 4.69) is 30.8 Å². The van der Waals surface area contributed by atoms with E-state index in [1.54, 1.807) is 0 Å². The Kier molecular flexibility index (Phi) is 7.09. The van der Waals surface area contributed by atoms with Gasteiger partial charge >= 0.3 is 0 Å². The Morgan fingerprint density at radius 3 is 2.29 bits per heavy atom. The summed E-state index contributed by atoms with van der Waals surface area (Å²) in [5.74, 6) is 0.786. The molecule has 17 heavy (non-hydrogen) atoms. The Morgan fingerprint density at radius 1 is 1.12 bits per heavy atom. The number of nitrogens with zero attached hydrogens (tertiary/aromatic N) is 2. The summed E-state index contributed by atoms with van der Waals surface area (Å²) in [5, 5.41) is 0. The molecule has 0 saturated heterocycles. The average molecular weight is 241 g/mol. The molecular formula is C14H31N3. The summed E-state index contributed by atoms with van der Waals surface area (Å²) in [4.78, 5) is 4.80.